The topological polar surface area (TPSA) is 90.4 Å². The minimum atomic E-state index is -0.601. The van der Waals surface area contributed by atoms with E-state index in [1.165, 1.54) is 0 Å². The molecule has 0 atom stereocenters. The summed E-state index contributed by atoms with van der Waals surface area (Å²) in [6, 6.07) is 7.32. The van der Waals surface area contributed by atoms with Crippen molar-refractivity contribution >= 4 is 0 Å². The first-order chi connectivity index (χ1) is 7.61. The van der Waals surface area contributed by atoms with Gasteiger partial charge in [0.25, 0.3) is 6.20 Å². The SMILES string of the molecule is COc1ccc(CN/C(N)=C\[N+](=O)[O-])cc1. The summed E-state index contributed by atoms with van der Waals surface area (Å²) in [5, 5.41) is 12.8. The van der Waals surface area contributed by atoms with E-state index < -0.39 is 4.92 Å². The number of hydrogen-bond donors (Lipinski definition) is 2. The molecule has 0 aliphatic carbocycles. The molecule has 0 heterocycles. The number of nitrogens with two attached hydrogens (primary N) is 1. The quantitative estimate of drug-likeness (QED) is 0.569. The highest BCUT2D eigenvalue weighted by molar-refractivity contribution is 5.27. The molecular formula is C10H13N3O3. The maximum absolute atomic E-state index is 10.1. The van der Waals surface area contributed by atoms with Gasteiger partial charge in [0.1, 0.15) is 5.75 Å². The van der Waals surface area contributed by atoms with Gasteiger partial charge in [0, 0.05) is 6.54 Å². The summed E-state index contributed by atoms with van der Waals surface area (Å²) in [6.07, 6.45) is 0.726. The Morgan fingerprint density at radius 2 is 2.19 bits per heavy atom. The minimum Gasteiger partial charge on any atom is -0.497 e. The number of benzene rings is 1. The molecule has 0 saturated heterocycles. The molecule has 6 heteroatoms. The van der Waals surface area contributed by atoms with Gasteiger partial charge in [-0.3, -0.25) is 10.1 Å². The van der Waals surface area contributed by atoms with E-state index in [-0.39, 0.29) is 5.82 Å². The smallest absolute Gasteiger partial charge is 0.273 e. The number of ether oxygens (including phenoxy) is 1. The average molecular weight is 223 g/mol. The zero-order chi connectivity index (χ0) is 12.0. The van der Waals surface area contributed by atoms with Crippen LogP contribution in [0.25, 0.3) is 0 Å². The molecule has 6 nitrogen and oxygen atoms in total. The van der Waals surface area contributed by atoms with Crippen LogP contribution in [0, 0.1) is 10.1 Å². The second-order valence-corrected chi connectivity index (χ2v) is 3.07. The summed E-state index contributed by atoms with van der Waals surface area (Å²) in [4.78, 5) is 9.50. The van der Waals surface area contributed by atoms with Gasteiger partial charge in [0.15, 0.2) is 5.82 Å². The fraction of sp³-hybridized carbons (Fsp3) is 0.200. The minimum absolute atomic E-state index is 0.0285. The maximum atomic E-state index is 10.1. The molecule has 0 aliphatic rings. The van der Waals surface area contributed by atoms with E-state index in [9.17, 15) is 10.1 Å². The highest BCUT2D eigenvalue weighted by Gasteiger charge is 1.98. The van der Waals surface area contributed by atoms with Gasteiger partial charge in [-0.05, 0) is 17.7 Å². The highest BCUT2D eigenvalue weighted by Crippen LogP contribution is 2.10. The Hall–Kier alpha value is -2.24. The molecule has 1 aromatic rings. The number of methoxy groups -OCH3 is 1. The fourth-order valence-corrected chi connectivity index (χ4v) is 1.11. The first kappa shape index (κ1) is 11.8. The van der Waals surface area contributed by atoms with Gasteiger partial charge in [-0.15, -0.1) is 0 Å². The van der Waals surface area contributed by atoms with E-state index in [2.05, 4.69) is 5.32 Å². The van der Waals surface area contributed by atoms with E-state index in [0.29, 0.717) is 6.54 Å². The van der Waals surface area contributed by atoms with Crippen LogP contribution in [0.5, 0.6) is 5.75 Å². The van der Waals surface area contributed by atoms with Crippen LogP contribution in [0.4, 0.5) is 0 Å². The third-order valence-corrected chi connectivity index (χ3v) is 1.90. The van der Waals surface area contributed by atoms with Crippen LogP contribution >= 0.6 is 0 Å². The van der Waals surface area contributed by atoms with Crippen LogP contribution in [0.3, 0.4) is 0 Å². The van der Waals surface area contributed by atoms with Crippen molar-refractivity contribution in [1.29, 1.82) is 0 Å². The van der Waals surface area contributed by atoms with E-state index in [4.69, 9.17) is 10.5 Å². The molecule has 0 bridgehead atoms. The second-order valence-electron chi connectivity index (χ2n) is 3.07. The van der Waals surface area contributed by atoms with Crippen LogP contribution in [0.1, 0.15) is 5.56 Å². The molecule has 1 rings (SSSR count). The molecule has 86 valence electrons. The Balaban J connectivity index is 2.51. The van der Waals surface area contributed by atoms with E-state index >= 15 is 0 Å². The zero-order valence-corrected chi connectivity index (χ0v) is 8.84. The number of nitro groups is 1. The predicted molar refractivity (Wildman–Crippen MR) is 59.1 cm³/mol. The van der Waals surface area contributed by atoms with E-state index in [0.717, 1.165) is 17.5 Å². The summed E-state index contributed by atoms with van der Waals surface area (Å²) < 4.78 is 5.00. The number of rotatable bonds is 5. The van der Waals surface area contributed by atoms with Crippen LogP contribution in [-0.4, -0.2) is 12.0 Å². The van der Waals surface area contributed by atoms with Crippen LogP contribution in [0.2, 0.25) is 0 Å². The van der Waals surface area contributed by atoms with Crippen molar-refractivity contribution in [1.82, 2.24) is 5.32 Å². The first-order valence-electron chi connectivity index (χ1n) is 4.59. The summed E-state index contributed by atoms with van der Waals surface area (Å²) in [5.41, 5.74) is 6.32. The van der Waals surface area contributed by atoms with Gasteiger partial charge >= 0.3 is 0 Å². The van der Waals surface area contributed by atoms with Crippen LogP contribution in [-0.2, 0) is 6.54 Å². The summed E-state index contributed by atoms with van der Waals surface area (Å²) in [6.45, 7) is 0.431. The lowest BCUT2D eigenvalue weighted by atomic mass is 10.2. The van der Waals surface area contributed by atoms with Crippen molar-refractivity contribution < 1.29 is 9.66 Å². The van der Waals surface area contributed by atoms with Crippen molar-refractivity contribution in [2.24, 2.45) is 5.73 Å². The second kappa shape index (κ2) is 5.59. The van der Waals surface area contributed by atoms with Crippen molar-refractivity contribution in [3.63, 3.8) is 0 Å². The summed E-state index contributed by atoms with van der Waals surface area (Å²) in [5.74, 6) is 0.790. The van der Waals surface area contributed by atoms with Gasteiger partial charge < -0.3 is 15.8 Å². The highest BCUT2D eigenvalue weighted by atomic mass is 16.6. The lowest BCUT2D eigenvalue weighted by molar-refractivity contribution is -0.403. The Labute approximate surface area is 92.9 Å². The molecular weight excluding hydrogens is 210 g/mol. The zero-order valence-electron chi connectivity index (χ0n) is 8.84. The van der Waals surface area contributed by atoms with Crippen LogP contribution < -0.4 is 15.8 Å². The van der Waals surface area contributed by atoms with Crippen molar-refractivity contribution in [2.45, 2.75) is 6.54 Å². The van der Waals surface area contributed by atoms with Gasteiger partial charge in [0.05, 0.1) is 12.0 Å². The van der Waals surface area contributed by atoms with E-state index in [1.807, 2.05) is 24.3 Å². The largest absolute Gasteiger partial charge is 0.497 e. The first-order valence-corrected chi connectivity index (χ1v) is 4.59. The summed E-state index contributed by atoms with van der Waals surface area (Å²) in [7, 11) is 1.59. The van der Waals surface area contributed by atoms with Crippen molar-refractivity contribution in [2.75, 3.05) is 7.11 Å². The maximum Gasteiger partial charge on any atom is 0.273 e. The van der Waals surface area contributed by atoms with Crippen molar-refractivity contribution in [3.8, 4) is 5.75 Å². The molecule has 0 radical (unpaired) electrons. The number of nitrogens with zero attached hydrogens (tertiary/aromatic N) is 1. The molecule has 0 fully saturated rings. The third-order valence-electron chi connectivity index (χ3n) is 1.90. The van der Waals surface area contributed by atoms with Gasteiger partial charge in [-0.2, -0.15) is 0 Å². The molecule has 0 spiro atoms. The molecule has 0 aliphatic heterocycles. The number of nitrogens with one attached hydrogen (secondary N) is 1. The van der Waals surface area contributed by atoms with Gasteiger partial charge in [-0.1, -0.05) is 12.1 Å². The molecule has 0 unspecified atom stereocenters. The lowest BCUT2D eigenvalue weighted by Crippen LogP contribution is -2.20. The standard InChI is InChI=1S/C10H13N3O3/c1-16-9-4-2-8(3-5-9)6-12-10(11)7-13(14)15/h2-5,7,12H,6,11H2,1H3/b10-7-. The predicted octanol–water partition coefficient (Wildman–Crippen LogP) is 0.819. The molecule has 0 saturated carbocycles. The molecule has 0 amide bonds. The normalized spacial score (nSPS) is 10.9. The average Bonchev–Trinajstić information content (AvgIpc) is 2.26. The Morgan fingerprint density at radius 3 is 2.69 bits per heavy atom. The lowest BCUT2D eigenvalue weighted by Gasteiger charge is -2.05. The van der Waals surface area contributed by atoms with Gasteiger partial charge in [0.2, 0.25) is 0 Å². The number of hydrogen-bond acceptors (Lipinski definition) is 5. The van der Waals surface area contributed by atoms with Gasteiger partial charge in [-0.25, -0.2) is 0 Å². The van der Waals surface area contributed by atoms with Crippen molar-refractivity contribution in [3.05, 3.63) is 52.0 Å². The molecule has 16 heavy (non-hydrogen) atoms. The fourth-order valence-electron chi connectivity index (χ4n) is 1.11. The van der Waals surface area contributed by atoms with Crippen LogP contribution in [0.15, 0.2) is 36.3 Å². The Morgan fingerprint density at radius 1 is 1.56 bits per heavy atom. The summed E-state index contributed by atoms with van der Waals surface area (Å²) >= 11 is 0. The Kier molecular flexibility index (Phi) is 4.14. The molecule has 0 aromatic heterocycles. The Bertz CT molecular complexity index is 387. The monoisotopic (exact) mass is 223 g/mol. The van der Waals surface area contributed by atoms with E-state index in [1.54, 1.807) is 7.11 Å². The third kappa shape index (κ3) is 3.87. The molecule has 1 aromatic carbocycles. The molecule has 3 N–H and O–H groups in total.